The highest BCUT2D eigenvalue weighted by molar-refractivity contribution is 9.11. The lowest BCUT2D eigenvalue weighted by molar-refractivity contribution is 0.553. The number of hydrogen-bond donors (Lipinski definition) is 0. The third-order valence-electron chi connectivity index (χ3n) is 2.69. The summed E-state index contributed by atoms with van der Waals surface area (Å²) in [6.45, 7) is 1.73. The van der Waals surface area contributed by atoms with E-state index < -0.39 is 14.8 Å². The zero-order chi connectivity index (χ0) is 11.8. The molecule has 2 rings (SSSR count). The first-order valence-electron chi connectivity index (χ1n) is 4.89. The van der Waals surface area contributed by atoms with Crippen molar-refractivity contribution in [1.29, 1.82) is 0 Å². The molecule has 3 nitrogen and oxygen atoms in total. The van der Waals surface area contributed by atoms with Gasteiger partial charge in [-0.1, -0.05) is 28.1 Å². The lowest BCUT2D eigenvalue weighted by atomic mass is 10.0. The Morgan fingerprint density at radius 3 is 2.56 bits per heavy atom. The van der Waals surface area contributed by atoms with Gasteiger partial charge in [0.1, 0.15) is 4.75 Å². The zero-order valence-electron chi connectivity index (χ0n) is 8.80. The monoisotopic (exact) mass is 301 g/mol. The van der Waals surface area contributed by atoms with Crippen LogP contribution in [0.3, 0.4) is 0 Å². The van der Waals surface area contributed by atoms with Crippen LogP contribution in [0.4, 0.5) is 0 Å². The van der Waals surface area contributed by atoms with Gasteiger partial charge in [0, 0.05) is 16.9 Å². The first kappa shape index (κ1) is 11.7. The van der Waals surface area contributed by atoms with Crippen molar-refractivity contribution in [2.75, 3.05) is 0 Å². The largest absolute Gasteiger partial charge is 0.252 e. The van der Waals surface area contributed by atoms with Crippen molar-refractivity contribution in [2.24, 2.45) is 0 Å². The highest BCUT2D eigenvalue weighted by Crippen LogP contribution is 2.32. The summed E-state index contributed by atoms with van der Waals surface area (Å²) >= 11 is 3.32. The molecule has 0 bridgehead atoms. The standard InChI is InChI=1S/C11H12BrNO2S/c1-11(6-4-5-10(12)9-11)16(14,15)13-7-2-3-8-13/h2-5,7-9H,6H2,1H3. The average Bonchev–Trinajstić information content (AvgIpc) is 2.69. The fourth-order valence-corrected chi connectivity index (χ4v) is 4.07. The Morgan fingerprint density at radius 2 is 2.00 bits per heavy atom. The molecule has 0 N–H and O–H groups in total. The summed E-state index contributed by atoms with van der Waals surface area (Å²) in [4.78, 5) is 0. The smallest absolute Gasteiger partial charge is 0.247 e. The highest BCUT2D eigenvalue weighted by atomic mass is 79.9. The molecule has 1 aromatic rings. The second-order valence-corrected chi connectivity index (χ2v) is 7.19. The summed E-state index contributed by atoms with van der Waals surface area (Å²) in [7, 11) is -3.39. The van der Waals surface area contributed by atoms with Gasteiger partial charge in [0.2, 0.25) is 10.0 Å². The Balaban J connectivity index is 2.50. The van der Waals surface area contributed by atoms with E-state index in [1.54, 1.807) is 37.5 Å². The average molecular weight is 302 g/mol. The summed E-state index contributed by atoms with van der Waals surface area (Å²) in [5, 5.41) is 0. The number of rotatable bonds is 2. The van der Waals surface area contributed by atoms with Crippen molar-refractivity contribution in [3.8, 4) is 0 Å². The SMILES string of the molecule is CC1(S(=O)(=O)n2cccc2)C=C(Br)C=CC1. The maximum Gasteiger partial charge on any atom is 0.247 e. The molecule has 0 spiro atoms. The first-order chi connectivity index (χ1) is 7.46. The molecule has 0 fully saturated rings. The van der Waals surface area contributed by atoms with Gasteiger partial charge in [0.05, 0.1) is 0 Å². The molecule has 1 unspecified atom stereocenters. The van der Waals surface area contributed by atoms with Gasteiger partial charge in [-0.05, 0) is 31.6 Å². The molecule has 0 aliphatic heterocycles. The van der Waals surface area contributed by atoms with Crippen molar-refractivity contribution in [1.82, 2.24) is 3.97 Å². The fraction of sp³-hybridized carbons (Fsp3) is 0.273. The number of aromatic nitrogens is 1. The normalized spacial score (nSPS) is 25.5. The third-order valence-corrected chi connectivity index (χ3v) is 5.44. The lowest BCUT2D eigenvalue weighted by Crippen LogP contribution is -2.37. The Morgan fingerprint density at radius 1 is 1.38 bits per heavy atom. The molecular formula is C11H12BrNO2S. The minimum Gasteiger partial charge on any atom is -0.252 e. The zero-order valence-corrected chi connectivity index (χ0v) is 11.2. The van der Waals surface area contributed by atoms with Gasteiger partial charge in [-0.3, -0.25) is 3.97 Å². The van der Waals surface area contributed by atoms with Crippen LogP contribution < -0.4 is 0 Å². The van der Waals surface area contributed by atoms with Crippen molar-refractivity contribution in [3.63, 3.8) is 0 Å². The molecule has 0 amide bonds. The van der Waals surface area contributed by atoms with E-state index in [-0.39, 0.29) is 0 Å². The van der Waals surface area contributed by atoms with Crippen molar-refractivity contribution < 1.29 is 8.42 Å². The van der Waals surface area contributed by atoms with Gasteiger partial charge in [-0.2, -0.15) is 0 Å². The summed E-state index contributed by atoms with van der Waals surface area (Å²) in [6, 6.07) is 3.41. The second-order valence-electron chi connectivity index (χ2n) is 3.97. The summed E-state index contributed by atoms with van der Waals surface area (Å²) in [5.74, 6) is 0. The van der Waals surface area contributed by atoms with E-state index in [0.717, 1.165) is 4.48 Å². The molecular weight excluding hydrogens is 290 g/mol. The van der Waals surface area contributed by atoms with Crippen LogP contribution >= 0.6 is 15.9 Å². The minimum atomic E-state index is -3.39. The van der Waals surface area contributed by atoms with Gasteiger partial charge >= 0.3 is 0 Å². The molecule has 0 aromatic carbocycles. The molecule has 5 heteroatoms. The molecule has 16 heavy (non-hydrogen) atoms. The van der Waals surface area contributed by atoms with Crippen LogP contribution in [0.15, 0.2) is 47.2 Å². The van der Waals surface area contributed by atoms with Crippen molar-refractivity contribution in [3.05, 3.63) is 47.2 Å². The van der Waals surface area contributed by atoms with E-state index in [0.29, 0.717) is 6.42 Å². The fourth-order valence-electron chi connectivity index (χ4n) is 1.70. The Labute approximate surface area is 104 Å². The van der Waals surface area contributed by atoms with E-state index in [2.05, 4.69) is 15.9 Å². The second kappa shape index (κ2) is 3.89. The van der Waals surface area contributed by atoms with Gasteiger partial charge in [0.15, 0.2) is 0 Å². The Hall–Kier alpha value is -0.810. The van der Waals surface area contributed by atoms with Crippen LogP contribution in [0.1, 0.15) is 13.3 Å². The molecule has 0 saturated carbocycles. The van der Waals surface area contributed by atoms with Crippen LogP contribution in [0, 0.1) is 0 Å². The predicted octanol–water partition coefficient (Wildman–Crippen LogP) is 2.66. The van der Waals surface area contributed by atoms with Gasteiger partial charge < -0.3 is 0 Å². The molecule has 1 atom stereocenters. The molecule has 1 heterocycles. The topological polar surface area (TPSA) is 39.1 Å². The maximum absolute atomic E-state index is 12.4. The number of halogens is 1. The van der Waals surface area contributed by atoms with Crippen LogP contribution in [-0.4, -0.2) is 17.1 Å². The highest BCUT2D eigenvalue weighted by Gasteiger charge is 2.38. The minimum absolute atomic E-state index is 0.489. The van der Waals surface area contributed by atoms with Gasteiger partial charge in [-0.25, -0.2) is 8.42 Å². The third kappa shape index (κ3) is 1.78. The molecule has 1 aromatic heterocycles. The van der Waals surface area contributed by atoms with Crippen molar-refractivity contribution in [2.45, 2.75) is 18.1 Å². The van der Waals surface area contributed by atoms with Gasteiger partial charge in [-0.15, -0.1) is 0 Å². The summed E-state index contributed by atoms with van der Waals surface area (Å²) < 4.78 is 25.9. The van der Waals surface area contributed by atoms with Crippen molar-refractivity contribution >= 4 is 26.0 Å². The molecule has 86 valence electrons. The van der Waals surface area contributed by atoms with Crippen LogP contribution in [0.25, 0.3) is 0 Å². The maximum atomic E-state index is 12.4. The molecule has 1 aliphatic carbocycles. The first-order valence-corrected chi connectivity index (χ1v) is 7.12. The number of hydrogen-bond acceptors (Lipinski definition) is 2. The van der Waals surface area contributed by atoms with E-state index in [9.17, 15) is 8.42 Å². The molecule has 0 saturated heterocycles. The van der Waals surface area contributed by atoms with Gasteiger partial charge in [0.25, 0.3) is 0 Å². The predicted molar refractivity (Wildman–Crippen MR) is 67.9 cm³/mol. The molecule has 1 aliphatic rings. The Bertz CT molecular complexity index is 543. The van der Waals surface area contributed by atoms with E-state index in [4.69, 9.17) is 0 Å². The van der Waals surface area contributed by atoms with Crippen LogP contribution in [-0.2, 0) is 10.0 Å². The van der Waals surface area contributed by atoms with E-state index in [1.165, 1.54) is 3.97 Å². The quantitative estimate of drug-likeness (QED) is 0.842. The Kier molecular flexibility index (Phi) is 2.84. The lowest BCUT2D eigenvalue weighted by Gasteiger charge is -2.27. The van der Waals surface area contributed by atoms with Crippen LogP contribution in [0.5, 0.6) is 0 Å². The van der Waals surface area contributed by atoms with E-state index >= 15 is 0 Å². The summed E-state index contributed by atoms with van der Waals surface area (Å²) in [5.41, 5.74) is 0. The number of allylic oxidation sites excluding steroid dienone is 3. The summed E-state index contributed by atoms with van der Waals surface area (Å²) in [6.07, 6.45) is 9.07. The number of nitrogens with zero attached hydrogens (tertiary/aromatic N) is 1. The van der Waals surface area contributed by atoms with Crippen LogP contribution in [0.2, 0.25) is 0 Å². The van der Waals surface area contributed by atoms with E-state index in [1.807, 2.05) is 12.2 Å². The molecule has 0 radical (unpaired) electrons.